The SMILES string of the molecule is CCCNc1ncc(C(=O)N2CCCCC2C)cc1Cl. The van der Waals surface area contributed by atoms with Crippen molar-refractivity contribution in [3.05, 3.63) is 22.8 Å². The third kappa shape index (κ3) is 3.42. The lowest BCUT2D eigenvalue weighted by atomic mass is 10.0. The summed E-state index contributed by atoms with van der Waals surface area (Å²) in [7, 11) is 0. The van der Waals surface area contributed by atoms with Crippen LogP contribution in [0.5, 0.6) is 0 Å². The average Bonchev–Trinajstić information content (AvgIpc) is 2.46. The topological polar surface area (TPSA) is 45.2 Å². The second-order valence-electron chi connectivity index (χ2n) is 5.32. The molecule has 0 saturated carbocycles. The van der Waals surface area contributed by atoms with Crippen molar-refractivity contribution in [2.45, 2.75) is 45.6 Å². The molecule has 0 aliphatic carbocycles. The Morgan fingerprint density at radius 1 is 1.55 bits per heavy atom. The van der Waals surface area contributed by atoms with Crippen molar-refractivity contribution < 1.29 is 4.79 Å². The van der Waals surface area contributed by atoms with Gasteiger partial charge in [0, 0.05) is 25.3 Å². The lowest BCUT2D eigenvalue weighted by Gasteiger charge is -2.33. The monoisotopic (exact) mass is 295 g/mol. The Hall–Kier alpha value is -1.29. The highest BCUT2D eigenvalue weighted by atomic mass is 35.5. The fourth-order valence-electron chi connectivity index (χ4n) is 2.49. The molecule has 1 aromatic heterocycles. The summed E-state index contributed by atoms with van der Waals surface area (Å²) in [4.78, 5) is 18.7. The number of nitrogens with zero attached hydrogens (tertiary/aromatic N) is 2. The second-order valence-corrected chi connectivity index (χ2v) is 5.73. The van der Waals surface area contributed by atoms with E-state index in [2.05, 4.69) is 24.1 Å². The molecule has 1 unspecified atom stereocenters. The van der Waals surface area contributed by atoms with Gasteiger partial charge >= 0.3 is 0 Å². The van der Waals surface area contributed by atoms with Crippen molar-refractivity contribution in [3.8, 4) is 0 Å². The maximum absolute atomic E-state index is 12.5. The Morgan fingerprint density at radius 2 is 2.35 bits per heavy atom. The molecule has 1 aromatic rings. The van der Waals surface area contributed by atoms with E-state index >= 15 is 0 Å². The van der Waals surface area contributed by atoms with Crippen LogP contribution in [0.15, 0.2) is 12.3 Å². The van der Waals surface area contributed by atoms with Crippen LogP contribution in [0.25, 0.3) is 0 Å². The smallest absolute Gasteiger partial charge is 0.255 e. The van der Waals surface area contributed by atoms with Gasteiger partial charge in [-0.05, 0) is 38.7 Å². The quantitative estimate of drug-likeness (QED) is 0.923. The minimum atomic E-state index is 0.0358. The summed E-state index contributed by atoms with van der Waals surface area (Å²) in [5.74, 6) is 0.686. The second kappa shape index (κ2) is 6.93. The fourth-order valence-corrected chi connectivity index (χ4v) is 2.73. The number of carbonyl (C=O) groups excluding carboxylic acids is 1. The van der Waals surface area contributed by atoms with Gasteiger partial charge in [0.1, 0.15) is 5.82 Å². The van der Waals surface area contributed by atoms with E-state index in [1.807, 2.05) is 4.90 Å². The Kier molecular flexibility index (Phi) is 5.24. The van der Waals surface area contributed by atoms with Gasteiger partial charge in [0.05, 0.1) is 10.6 Å². The minimum absolute atomic E-state index is 0.0358. The molecule has 5 heteroatoms. The van der Waals surface area contributed by atoms with Crippen molar-refractivity contribution in [3.63, 3.8) is 0 Å². The summed E-state index contributed by atoms with van der Waals surface area (Å²) in [6, 6.07) is 2.02. The van der Waals surface area contributed by atoms with Crippen molar-refractivity contribution in [2.24, 2.45) is 0 Å². The van der Waals surface area contributed by atoms with Crippen LogP contribution in [-0.4, -0.2) is 34.9 Å². The number of nitrogens with one attached hydrogen (secondary N) is 1. The number of pyridine rings is 1. The Morgan fingerprint density at radius 3 is 3.00 bits per heavy atom. The molecule has 1 saturated heterocycles. The lowest BCUT2D eigenvalue weighted by Crippen LogP contribution is -2.42. The molecule has 0 bridgehead atoms. The highest BCUT2D eigenvalue weighted by Crippen LogP contribution is 2.23. The number of aromatic nitrogens is 1. The summed E-state index contributed by atoms with van der Waals surface area (Å²) in [5.41, 5.74) is 0.575. The first kappa shape index (κ1) is 15.1. The van der Waals surface area contributed by atoms with E-state index in [-0.39, 0.29) is 5.91 Å². The van der Waals surface area contributed by atoms with Gasteiger partial charge in [-0.1, -0.05) is 18.5 Å². The normalized spacial score (nSPS) is 18.9. The zero-order chi connectivity index (χ0) is 14.5. The number of amides is 1. The number of piperidine rings is 1. The van der Waals surface area contributed by atoms with E-state index in [1.165, 1.54) is 6.42 Å². The van der Waals surface area contributed by atoms with E-state index < -0.39 is 0 Å². The summed E-state index contributed by atoms with van der Waals surface area (Å²) in [6.45, 7) is 5.83. The van der Waals surface area contributed by atoms with Gasteiger partial charge in [-0.15, -0.1) is 0 Å². The molecule has 2 heterocycles. The van der Waals surface area contributed by atoms with Crippen LogP contribution in [0, 0.1) is 0 Å². The number of hydrogen-bond acceptors (Lipinski definition) is 3. The van der Waals surface area contributed by atoms with Gasteiger partial charge in [0.2, 0.25) is 0 Å². The first-order chi connectivity index (χ1) is 9.63. The summed E-state index contributed by atoms with van der Waals surface area (Å²) < 4.78 is 0. The summed E-state index contributed by atoms with van der Waals surface area (Å²) in [6.07, 6.45) is 5.97. The van der Waals surface area contributed by atoms with Gasteiger partial charge in [-0.25, -0.2) is 4.98 Å². The minimum Gasteiger partial charge on any atom is -0.369 e. The molecule has 110 valence electrons. The van der Waals surface area contributed by atoms with E-state index in [0.717, 1.165) is 32.4 Å². The Balaban J connectivity index is 2.12. The van der Waals surface area contributed by atoms with Crippen LogP contribution in [0.3, 0.4) is 0 Å². The Bertz CT molecular complexity index is 478. The summed E-state index contributed by atoms with van der Waals surface area (Å²) >= 11 is 6.19. The molecule has 1 amide bonds. The predicted octanol–water partition coefficient (Wildman–Crippen LogP) is 3.57. The highest BCUT2D eigenvalue weighted by Gasteiger charge is 2.24. The van der Waals surface area contributed by atoms with Gasteiger partial charge in [0.15, 0.2) is 0 Å². The summed E-state index contributed by atoms with van der Waals surface area (Å²) in [5, 5.41) is 3.66. The number of anilines is 1. The third-order valence-corrected chi connectivity index (χ3v) is 3.98. The van der Waals surface area contributed by atoms with E-state index in [4.69, 9.17) is 11.6 Å². The third-order valence-electron chi connectivity index (χ3n) is 3.69. The molecule has 1 aliphatic heterocycles. The van der Waals surface area contributed by atoms with Crippen LogP contribution >= 0.6 is 11.6 Å². The number of hydrogen-bond donors (Lipinski definition) is 1. The molecule has 2 rings (SSSR count). The van der Waals surface area contributed by atoms with E-state index in [1.54, 1.807) is 12.3 Å². The fraction of sp³-hybridized carbons (Fsp3) is 0.600. The molecule has 1 N–H and O–H groups in total. The molecule has 1 aliphatic rings. The maximum Gasteiger partial charge on any atom is 0.255 e. The molecule has 4 nitrogen and oxygen atoms in total. The van der Waals surface area contributed by atoms with Crippen molar-refractivity contribution in [1.82, 2.24) is 9.88 Å². The van der Waals surface area contributed by atoms with Crippen molar-refractivity contribution in [1.29, 1.82) is 0 Å². The Labute approximate surface area is 125 Å². The zero-order valence-electron chi connectivity index (χ0n) is 12.2. The highest BCUT2D eigenvalue weighted by molar-refractivity contribution is 6.33. The van der Waals surface area contributed by atoms with Crippen molar-refractivity contribution >= 4 is 23.3 Å². The number of carbonyl (C=O) groups is 1. The van der Waals surface area contributed by atoms with Gasteiger partial charge in [-0.2, -0.15) is 0 Å². The molecule has 0 radical (unpaired) electrons. The zero-order valence-corrected chi connectivity index (χ0v) is 12.9. The van der Waals surface area contributed by atoms with Crippen LogP contribution in [0.1, 0.15) is 49.9 Å². The molecular formula is C15H22ClN3O. The number of rotatable bonds is 4. The van der Waals surface area contributed by atoms with Crippen LogP contribution < -0.4 is 5.32 Å². The number of halogens is 1. The van der Waals surface area contributed by atoms with Gasteiger partial charge in [0.25, 0.3) is 5.91 Å². The molecule has 0 aromatic carbocycles. The average molecular weight is 296 g/mol. The molecule has 1 atom stereocenters. The standard InChI is InChI=1S/C15H22ClN3O/c1-3-7-17-14-13(16)9-12(10-18-14)15(20)19-8-5-4-6-11(19)2/h9-11H,3-8H2,1-2H3,(H,17,18). The lowest BCUT2D eigenvalue weighted by molar-refractivity contribution is 0.0635. The largest absolute Gasteiger partial charge is 0.369 e. The maximum atomic E-state index is 12.5. The number of likely N-dealkylation sites (tertiary alicyclic amines) is 1. The van der Waals surface area contributed by atoms with Crippen molar-refractivity contribution in [2.75, 3.05) is 18.4 Å². The van der Waals surface area contributed by atoms with Crippen LogP contribution in [-0.2, 0) is 0 Å². The first-order valence-electron chi connectivity index (χ1n) is 7.34. The molecule has 1 fully saturated rings. The molecular weight excluding hydrogens is 274 g/mol. The van der Waals surface area contributed by atoms with Crippen LogP contribution in [0.4, 0.5) is 5.82 Å². The van der Waals surface area contributed by atoms with Gasteiger partial charge in [-0.3, -0.25) is 4.79 Å². The molecule has 20 heavy (non-hydrogen) atoms. The predicted molar refractivity (Wildman–Crippen MR) is 82.4 cm³/mol. The van der Waals surface area contributed by atoms with Crippen LogP contribution in [0.2, 0.25) is 5.02 Å². The molecule has 0 spiro atoms. The van der Waals surface area contributed by atoms with E-state index in [0.29, 0.717) is 22.4 Å². The first-order valence-corrected chi connectivity index (χ1v) is 7.71. The van der Waals surface area contributed by atoms with Gasteiger partial charge < -0.3 is 10.2 Å². The van der Waals surface area contributed by atoms with E-state index in [9.17, 15) is 4.79 Å².